The van der Waals surface area contributed by atoms with Crippen LogP contribution in [0.25, 0.3) is 0 Å². The Labute approximate surface area is 157 Å². The minimum absolute atomic E-state index is 0.0290. The van der Waals surface area contributed by atoms with Crippen LogP contribution in [0.15, 0.2) is 23.8 Å². The van der Waals surface area contributed by atoms with Gasteiger partial charge in [-0.2, -0.15) is 0 Å². The number of carboxylic acids is 1. The molecule has 0 radical (unpaired) electrons. The number of hydrogen-bond acceptors (Lipinski definition) is 3. The van der Waals surface area contributed by atoms with Crippen molar-refractivity contribution in [1.82, 2.24) is 0 Å². The van der Waals surface area contributed by atoms with Crippen molar-refractivity contribution in [3.63, 3.8) is 0 Å². The molecule has 2 fully saturated rings. The maximum atomic E-state index is 11.5. The summed E-state index contributed by atoms with van der Waals surface area (Å²) in [5.41, 5.74) is 2.26. The van der Waals surface area contributed by atoms with Crippen LogP contribution in [0.2, 0.25) is 0 Å². The van der Waals surface area contributed by atoms with Crippen molar-refractivity contribution in [3.05, 3.63) is 23.8 Å². The molecule has 4 nitrogen and oxygen atoms in total. The van der Waals surface area contributed by atoms with E-state index in [4.69, 9.17) is 9.84 Å². The maximum Gasteiger partial charge on any atom is 0.328 e. The van der Waals surface area contributed by atoms with E-state index in [2.05, 4.69) is 27.4 Å². The molecule has 26 heavy (non-hydrogen) atoms. The Balaban J connectivity index is 2.23. The lowest BCUT2D eigenvalue weighted by Gasteiger charge is -2.60. The molecule has 4 atom stereocenters. The zero-order valence-electron chi connectivity index (χ0n) is 16.9. The zero-order valence-corrected chi connectivity index (χ0v) is 16.9. The first-order valence-electron chi connectivity index (χ1n) is 9.73. The van der Waals surface area contributed by atoms with Crippen molar-refractivity contribution < 1.29 is 19.4 Å². The summed E-state index contributed by atoms with van der Waals surface area (Å²) < 4.78 is 5.67. The van der Waals surface area contributed by atoms with Gasteiger partial charge in [-0.1, -0.05) is 38.5 Å². The summed E-state index contributed by atoms with van der Waals surface area (Å²) in [5, 5.41) is 8.95. The number of esters is 1. The Hall–Kier alpha value is -1.58. The number of fused-ring (bicyclic) bond motifs is 1. The van der Waals surface area contributed by atoms with Gasteiger partial charge in [-0.25, -0.2) is 4.79 Å². The zero-order chi connectivity index (χ0) is 19.7. The Kier molecular flexibility index (Phi) is 6.04. The van der Waals surface area contributed by atoms with Gasteiger partial charge in [0.15, 0.2) is 0 Å². The second kappa shape index (κ2) is 7.58. The summed E-state index contributed by atoms with van der Waals surface area (Å²) in [5.74, 6) is -0.224. The molecule has 4 heteroatoms. The topological polar surface area (TPSA) is 63.6 Å². The SMILES string of the molecule is C=C1CC[C@@H]2C(C)(C)[C@@H](OC(C)=O)CC[C@]2(C)[C@H]1CC/C(C)=C\C(=O)O. The van der Waals surface area contributed by atoms with Crippen LogP contribution in [0.1, 0.15) is 73.1 Å². The number of allylic oxidation sites excluding steroid dienone is 2. The second-order valence-corrected chi connectivity index (χ2v) is 9.13. The van der Waals surface area contributed by atoms with Crippen LogP contribution in [0, 0.1) is 22.7 Å². The van der Waals surface area contributed by atoms with Gasteiger partial charge in [-0.05, 0) is 62.7 Å². The van der Waals surface area contributed by atoms with Crippen LogP contribution in [0.4, 0.5) is 0 Å². The van der Waals surface area contributed by atoms with Crippen LogP contribution in [-0.2, 0) is 14.3 Å². The van der Waals surface area contributed by atoms with E-state index in [1.807, 2.05) is 6.92 Å². The van der Waals surface area contributed by atoms with Crippen molar-refractivity contribution in [2.24, 2.45) is 22.7 Å². The van der Waals surface area contributed by atoms with Gasteiger partial charge in [0.1, 0.15) is 6.10 Å². The highest BCUT2D eigenvalue weighted by Gasteiger charge is 2.56. The van der Waals surface area contributed by atoms with Gasteiger partial charge in [-0.3, -0.25) is 4.79 Å². The minimum atomic E-state index is -0.878. The molecular weight excluding hydrogens is 328 g/mol. The average Bonchev–Trinajstić information content (AvgIpc) is 2.48. The lowest BCUT2D eigenvalue weighted by atomic mass is 9.46. The molecule has 0 unspecified atom stereocenters. The average molecular weight is 363 g/mol. The molecular formula is C22H34O4. The Morgan fingerprint density at radius 3 is 2.50 bits per heavy atom. The van der Waals surface area contributed by atoms with E-state index in [-0.39, 0.29) is 22.9 Å². The van der Waals surface area contributed by atoms with Gasteiger partial charge >= 0.3 is 11.9 Å². The first kappa shape index (κ1) is 20.7. The number of ether oxygens (including phenoxy) is 1. The standard InChI is InChI=1S/C22H34O4/c1-14(13-20(24)25)7-9-17-15(2)8-10-18-21(4,5)19(26-16(3)23)11-12-22(17,18)6/h13,17-19H,2,7-12H2,1,3-6H3,(H,24,25)/b14-13-/t17-,18+,19-,22+/m0/s1. The normalized spacial score (nSPS) is 34.1. The number of carbonyl (C=O) groups is 2. The number of carbonyl (C=O) groups excluding carboxylic acids is 1. The molecule has 0 aliphatic heterocycles. The summed E-state index contributed by atoms with van der Waals surface area (Å²) in [6.45, 7) is 14.6. The quantitative estimate of drug-likeness (QED) is 0.418. The molecule has 1 N–H and O–H groups in total. The molecule has 0 aromatic rings. The highest BCUT2D eigenvalue weighted by atomic mass is 16.5. The van der Waals surface area contributed by atoms with Gasteiger partial charge in [0.2, 0.25) is 0 Å². The van der Waals surface area contributed by atoms with Crippen molar-refractivity contribution >= 4 is 11.9 Å². The first-order valence-corrected chi connectivity index (χ1v) is 9.73. The summed E-state index contributed by atoms with van der Waals surface area (Å²) >= 11 is 0. The van der Waals surface area contributed by atoms with Crippen LogP contribution < -0.4 is 0 Å². The van der Waals surface area contributed by atoms with E-state index in [1.54, 1.807) is 0 Å². The van der Waals surface area contributed by atoms with Crippen molar-refractivity contribution in [3.8, 4) is 0 Å². The van der Waals surface area contributed by atoms with Crippen molar-refractivity contribution in [1.29, 1.82) is 0 Å². The van der Waals surface area contributed by atoms with Gasteiger partial charge in [-0.15, -0.1) is 0 Å². The fraction of sp³-hybridized carbons (Fsp3) is 0.727. The smallest absolute Gasteiger partial charge is 0.328 e. The summed E-state index contributed by atoms with van der Waals surface area (Å²) in [6, 6.07) is 0. The molecule has 0 saturated heterocycles. The number of aliphatic carboxylic acids is 1. The molecule has 2 aliphatic carbocycles. The molecule has 0 aromatic heterocycles. The molecule has 2 saturated carbocycles. The lowest BCUT2D eigenvalue weighted by molar-refractivity contribution is -0.174. The predicted molar refractivity (Wildman–Crippen MR) is 103 cm³/mol. The van der Waals surface area contributed by atoms with Gasteiger partial charge in [0.05, 0.1) is 0 Å². The number of hydrogen-bond donors (Lipinski definition) is 1. The third kappa shape index (κ3) is 4.05. The second-order valence-electron chi connectivity index (χ2n) is 9.13. The van der Waals surface area contributed by atoms with Gasteiger partial charge in [0, 0.05) is 18.4 Å². The minimum Gasteiger partial charge on any atom is -0.478 e. The number of carboxylic acid groups (broad SMARTS) is 1. The third-order valence-corrected chi connectivity index (χ3v) is 7.02. The van der Waals surface area contributed by atoms with E-state index in [0.29, 0.717) is 11.8 Å². The summed E-state index contributed by atoms with van der Waals surface area (Å²) in [7, 11) is 0. The monoisotopic (exact) mass is 362 g/mol. The fourth-order valence-corrected chi connectivity index (χ4v) is 5.75. The number of rotatable bonds is 5. The highest BCUT2D eigenvalue weighted by Crippen LogP contribution is 2.62. The molecule has 146 valence electrons. The van der Waals surface area contributed by atoms with Crippen molar-refractivity contribution in [2.45, 2.75) is 79.2 Å². The maximum absolute atomic E-state index is 11.5. The molecule has 0 heterocycles. The predicted octanol–water partition coefficient (Wildman–Crippen LogP) is 5.14. The highest BCUT2D eigenvalue weighted by molar-refractivity contribution is 5.80. The Bertz CT molecular complexity index is 616. The van der Waals surface area contributed by atoms with E-state index < -0.39 is 5.97 Å². The van der Waals surface area contributed by atoms with Gasteiger partial charge in [0.25, 0.3) is 0 Å². The fourth-order valence-electron chi connectivity index (χ4n) is 5.75. The van der Waals surface area contributed by atoms with Crippen LogP contribution in [0.3, 0.4) is 0 Å². The van der Waals surface area contributed by atoms with Crippen LogP contribution in [-0.4, -0.2) is 23.1 Å². The molecule has 0 spiro atoms. The largest absolute Gasteiger partial charge is 0.478 e. The van der Waals surface area contributed by atoms with E-state index in [1.165, 1.54) is 18.6 Å². The van der Waals surface area contributed by atoms with Gasteiger partial charge < -0.3 is 9.84 Å². The molecule has 0 amide bonds. The van der Waals surface area contributed by atoms with E-state index in [0.717, 1.165) is 44.1 Å². The van der Waals surface area contributed by atoms with Crippen LogP contribution >= 0.6 is 0 Å². The summed E-state index contributed by atoms with van der Waals surface area (Å²) in [6.07, 6.45) is 6.99. The Morgan fingerprint density at radius 1 is 1.27 bits per heavy atom. The Morgan fingerprint density at radius 2 is 1.92 bits per heavy atom. The van der Waals surface area contributed by atoms with Crippen molar-refractivity contribution in [2.75, 3.05) is 0 Å². The van der Waals surface area contributed by atoms with Crippen LogP contribution in [0.5, 0.6) is 0 Å². The third-order valence-electron chi connectivity index (χ3n) is 7.02. The lowest BCUT2D eigenvalue weighted by Crippen LogP contribution is -2.55. The van der Waals surface area contributed by atoms with E-state index >= 15 is 0 Å². The molecule has 0 bridgehead atoms. The molecule has 2 rings (SSSR count). The molecule has 0 aromatic carbocycles. The summed E-state index contributed by atoms with van der Waals surface area (Å²) in [4.78, 5) is 22.4. The first-order chi connectivity index (χ1) is 12.0. The molecule has 2 aliphatic rings. The van der Waals surface area contributed by atoms with E-state index in [9.17, 15) is 9.59 Å².